The molecule has 0 aliphatic heterocycles. The van der Waals surface area contributed by atoms with Crippen LogP contribution in [0.5, 0.6) is 0 Å². The molecule has 0 fully saturated rings. The van der Waals surface area contributed by atoms with Gasteiger partial charge in [0.1, 0.15) is 18.7 Å². The Bertz CT molecular complexity index is 1180. The number of carbonyl (C=O) groups excluding carboxylic acids is 1. The zero-order valence-corrected chi connectivity index (χ0v) is 14.6. The minimum absolute atomic E-state index is 0.0303. The number of halogens is 1. The maximum absolute atomic E-state index is 13.1. The summed E-state index contributed by atoms with van der Waals surface area (Å²) in [7, 11) is 0. The summed E-state index contributed by atoms with van der Waals surface area (Å²) in [4.78, 5) is 29.0. The van der Waals surface area contributed by atoms with Crippen LogP contribution < -0.4 is 10.9 Å². The van der Waals surface area contributed by atoms with Gasteiger partial charge in [-0.15, -0.1) is 5.10 Å². The van der Waals surface area contributed by atoms with Crippen LogP contribution in [0.3, 0.4) is 0 Å². The molecule has 0 spiro atoms. The van der Waals surface area contributed by atoms with E-state index in [0.717, 1.165) is 5.56 Å². The number of carbonyl (C=O) groups is 1. The lowest BCUT2D eigenvalue weighted by atomic mass is 10.2. The van der Waals surface area contributed by atoms with E-state index in [1.807, 2.05) is 30.3 Å². The van der Waals surface area contributed by atoms with Gasteiger partial charge in [0.25, 0.3) is 5.56 Å². The topological polar surface area (TPSA) is 94.7 Å². The van der Waals surface area contributed by atoms with Crippen molar-refractivity contribution in [2.24, 2.45) is 0 Å². The van der Waals surface area contributed by atoms with Crippen molar-refractivity contribution in [2.75, 3.05) is 0 Å². The molecule has 9 heteroatoms. The van der Waals surface area contributed by atoms with Crippen molar-refractivity contribution in [3.05, 3.63) is 82.7 Å². The Kier molecular flexibility index (Phi) is 4.63. The molecule has 0 aliphatic carbocycles. The molecule has 1 N–H and O–H groups in total. The second kappa shape index (κ2) is 7.39. The predicted octanol–water partition coefficient (Wildman–Crippen LogP) is 1.43. The first-order chi connectivity index (χ1) is 13.6. The van der Waals surface area contributed by atoms with Crippen molar-refractivity contribution in [3.8, 4) is 5.69 Å². The molecule has 1 amide bonds. The van der Waals surface area contributed by atoms with E-state index in [4.69, 9.17) is 0 Å². The number of hydrogen-bond donors (Lipinski definition) is 1. The zero-order chi connectivity index (χ0) is 19.5. The van der Waals surface area contributed by atoms with E-state index in [-0.39, 0.29) is 29.4 Å². The first kappa shape index (κ1) is 17.5. The normalized spacial score (nSPS) is 10.9. The second-order valence-electron chi connectivity index (χ2n) is 6.09. The Morgan fingerprint density at radius 1 is 1.07 bits per heavy atom. The zero-order valence-electron chi connectivity index (χ0n) is 14.6. The average Bonchev–Trinajstić information content (AvgIpc) is 3.15. The predicted molar refractivity (Wildman–Crippen MR) is 99.2 cm³/mol. The smallest absolute Gasteiger partial charge is 0.284 e. The summed E-state index contributed by atoms with van der Waals surface area (Å²) in [6.45, 7) is 0.183. The number of rotatable bonds is 5. The van der Waals surface area contributed by atoms with Crippen molar-refractivity contribution in [1.29, 1.82) is 0 Å². The molecule has 2 heterocycles. The number of fused-ring (bicyclic) bond motifs is 1. The van der Waals surface area contributed by atoms with Gasteiger partial charge in [-0.2, -0.15) is 4.68 Å². The molecule has 2 aromatic heterocycles. The summed E-state index contributed by atoms with van der Waals surface area (Å²) in [5.74, 6) is -0.706. The van der Waals surface area contributed by atoms with Crippen molar-refractivity contribution in [1.82, 2.24) is 29.9 Å². The molecule has 28 heavy (non-hydrogen) atoms. The third kappa shape index (κ3) is 3.50. The highest BCUT2D eigenvalue weighted by atomic mass is 19.1. The van der Waals surface area contributed by atoms with E-state index in [0.29, 0.717) is 12.2 Å². The summed E-state index contributed by atoms with van der Waals surface area (Å²) in [5, 5.41) is 10.5. The highest BCUT2D eigenvalue weighted by Crippen LogP contribution is 2.12. The maximum atomic E-state index is 13.1. The van der Waals surface area contributed by atoms with Crippen molar-refractivity contribution in [3.63, 3.8) is 0 Å². The van der Waals surface area contributed by atoms with Gasteiger partial charge in [-0.05, 0) is 29.8 Å². The van der Waals surface area contributed by atoms with Crippen LogP contribution >= 0.6 is 0 Å². The van der Waals surface area contributed by atoms with Gasteiger partial charge in [0.05, 0.1) is 5.69 Å². The molecular formula is C19H15FN6O2. The third-order valence-corrected chi connectivity index (χ3v) is 4.15. The molecule has 0 atom stereocenters. The van der Waals surface area contributed by atoms with E-state index >= 15 is 0 Å². The third-order valence-electron chi connectivity index (χ3n) is 4.15. The summed E-state index contributed by atoms with van der Waals surface area (Å²) in [6, 6.07) is 15.0. The molecule has 0 aliphatic rings. The molecule has 0 bridgehead atoms. The van der Waals surface area contributed by atoms with Crippen LogP contribution in [0.4, 0.5) is 4.39 Å². The standard InChI is InChI=1S/C19H15FN6O2/c20-14-6-8-15(9-7-14)26-18-17(23-24-26)19(28)25(12-22-18)11-16(27)21-10-13-4-2-1-3-5-13/h1-9,12H,10-11H2,(H,21,27). The monoisotopic (exact) mass is 378 g/mol. The minimum Gasteiger partial charge on any atom is -0.350 e. The van der Waals surface area contributed by atoms with Gasteiger partial charge in [-0.25, -0.2) is 9.37 Å². The lowest BCUT2D eigenvalue weighted by molar-refractivity contribution is -0.121. The molecule has 0 unspecified atom stereocenters. The summed E-state index contributed by atoms with van der Waals surface area (Å²) in [5.41, 5.74) is 1.27. The van der Waals surface area contributed by atoms with Gasteiger partial charge in [0.2, 0.25) is 5.91 Å². The van der Waals surface area contributed by atoms with E-state index in [1.54, 1.807) is 0 Å². The largest absolute Gasteiger partial charge is 0.350 e. The Morgan fingerprint density at radius 3 is 2.57 bits per heavy atom. The first-order valence-electron chi connectivity index (χ1n) is 8.49. The molecule has 140 valence electrons. The van der Waals surface area contributed by atoms with Gasteiger partial charge >= 0.3 is 0 Å². The molecule has 4 aromatic rings. The van der Waals surface area contributed by atoms with Crippen LogP contribution in [0.1, 0.15) is 5.56 Å². The number of amides is 1. The van der Waals surface area contributed by atoms with Crippen molar-refractivity contribution < 1.29 is 9.18 Å². The van der Waals surface area contributed by atoms with Crippen molar-refractivity contribution in [2.45, 2.75) is 13.1 Å². The molecule has 0 radical (unpaired) electrons. The lowest BCUT2D eigenvalue weighted by Gasteiger charge is -2.07. The Labute approximate surface area is 158 Å². The molecule has 8 nitrogen and oxygen atoms in total. The first-order valence-corrected chi connectivity index (χ1v) is 8.49. The van der Waals surface area contributed by atoms with Crippen molar-refractivity contribution >= 4 is 17.1 Å². The number of nitrogens with one attached hydrogen (secondary N) is 1. The number of hydrogen-bond acceptors (Lipinski definition) is 5. The lowest BCUT2D eigenvalue weighted by Crippen LogP contribution is -2.32. The average molecular weight is 378 g/mol. The fraction of sp³-hybridized carbons (Fsp3) is 0.105. The molecule has 2 aromatic carbocycles. The summed E-state index contributed by atoms with van der Waals surface area (Å²) < 4.78 is 15.6. The van der Waals surface area contributed by atoms with Crippen LogP contribution in [0.15, 0.2) is 65.7 Å². The Hall–Kier alpha value is -3.88. The minimum atomic E-state index is -0.478. The molecular weight excluding hydrogens is 363 g/mol. The van der Waals surface area contributed by atoms with Crippen LogP contribution in [0, 0.1) is 5.82 Å². The number of aromatic nitrogens is 5. The maximum Gasteiger partial charge on any atom is 0.284 e. The van der Waals surface area contributed by atoms with Gasteiger partial charge in [0.15, 0.2) is 11.2 Å². The second-order valence-corrected chi connectivity index (χ2v) is 6.09. The van der Waals surface area contributed by atoms with E-state index < -0.39 is 5.56 Å². The van der Waals surface area contributed by atoms with E-state index in [1.165, 1.54) is 39.8 Å². The van der Waals surface area contributed by atoms with E-state index in [9.17, 15) is 14.0 Å². The summed E-state index contributed by atoms with van der Waals surface area (Å²) in [6.07, 6.45) is 1.27. The fourth-order valence-corrected chi connectivity index (χ4v) is 2.72. The molecule has 0 saturated carbocycles. The van der Waals surface area contributed by atoms with Gasteiger partial charge in [0, 0.05) is 6.54 Å². The Morgan fingerprint density at radius 2 is 1.82 bits per heavy atom. The van der Waals surface area contributed by atoms with Crippen LogP contribution in [-0.4, -0.2) is 30.5 Å². The van der Waals surface area contributed by atoms with Gasteiger partial charge in [-0.1, -0.05) is 35.5 Å². The SMILES string of the molecule is O=C(Cn1cnc2c(nnn2-c2ccc(F)cc2)c1=O)NCc1ccccc1. The van der Waals surface area contributed by atoms with Gasteiger partial charge in [-0.3, -0.25) is 14.2 Å². The summed E-state index contributed by atoms with van der Waals surface area (Å²) >= 11 is 0. The van der Waals surface area contributed by atoms with Crippen LogP contribution in [0.25, 0.3) is 16.9 Å². The Balaban J connectivity index is 1.54. The molecule has 0 saturated heterocycles. The molecule has 4 rings (SSSR count). The number of benzene rings is 2. The number of nitrogens with zero attached hydrogens (tertiary/aromatic N) is 5. The van der Waals surface area contributed by atoms with E-state index in [2.05, 4.69) is 20.6 Å². The van der Waals surface area contributed by atoms with Crippen LogP contribution in [-0.2, 0) is 17.9 Å². The van der Waals surface area contributed by atoms with Gasteiger partial charge < -0.3 is 5.32 Å². The quantitative estimate of drug-likeness (QED) is 0.567. The fourth-order valence-electron chi connectivity index (χ4n) is 2.72. The highest BCUT2D eigenvalue weighted by molar-refractivity contribution is 5.76. The van der Waals surface area contributed by atoms with Crippen LogP contribution in [0.2, 0.25) is 0 Å². The highest BCUT2D eigenvalue weighted by Gasteiger charge is 2.14.